The summed E-state index contributed by atoms with van der Waals surface area (Å²) < 4.78 is 34.9. The van der Waals surface area contributed by atoms with Gasteiger partial charge in [0.05, 0.1) is 6.20 Å². The van der Waals surface area contributed by atoms with Gasteiger partial charge in [0.1, 0.15) is 12.7 Å². The van der Waals surface area contributed by atoms with Gasteiger partial charge >= 0.3 is 23.6 Å². The second kappa shape index (κ2) is 8.12. The molecular formula is C15H17FN2O9. The van der Waals surface area contributed by atoms with Crippen LogP contribution in [0.4, 0.5) is 4.39 Å². The van der Waals surface area contributed by atoms with E-state index in [1.165, 1.54) is 0 Å². The van der Waals surface area contributed by atoms with Crippen molar-refractivity contribution in [1.29, 1.82) is 0 Å². The highest BCUT2D eigenvalue weighted by molar-refractivity contribution is 5.67. The number of nitrogens with zero attached hydrogens (tertiary/aromatic N) is 1. The molecule has 0 bridgehead atoms. The third-order valence-corrected chi connectivity index (χ3v) is 3.54. The zero-order chi connectivity index (χ0) is 20.3. The van der Waals surface area contributed by atoms with Gasteiger partial charge in [0, 0.05) is 20.8 Å². The smallest absolute Gasteiger partial charge is 0.330 e. The van der Waals surface area contributed by atoms with Gasteiger partial charge in [0.2, 0.25) is 5.82 Å². The highest BCUT2D eigenvalue weighted by Gasteiger charge is 2.51. The first-order valence-electron chi connectivity index (χ1n) is 7.74. The minimum atomic E-state index is -1.45. The fourth-order valence-corrected chi connectivity index (χ4v) is 2.57. The molecule has 1 aliphatic rings. The second-order valence-corrected chi connectivity index (χ2v) is 5.66. The summed E-state index contributed by atoms with van der Waals surface area (Å²) in [7, 11) is 0. The Morgan fingerprint density at radius 2 is 1.70 bits per heavy atom. The largest absolute Gasteiger partial charge is 0.463 e. The Balaban J connectivity index is 2.47. The topological polar surface area (TPSA) is 143 Å². The Hall–Kier alpha value is -3.02. The molecule has 148 valence electrons. The Bertz CT molecular complexity index is 862. The maximum Gasteiger partial charge on any atom is 0.330 e. The van der Waals surface area contributed by atoms with Crippen molar-refractivity contribution in [2.45, 2.75) is 45.3 Å². The lowest BCUT2D eigenvalue weighted by atomic mass is 10.1. The van der Waals surface area contributed by atoms with Crippen LogP contribution in [0.15, 0.2) is 15.8 Å². The molecule has 0 spiro atoms. The first kappa shape index (κ1) is 20.3. The van der Waals surface area contributed by atoms with Gasteiger partial charge in [-0.25, -0.2) is 4.79 Å². The lowest BCUT2D eigenvalue weighted by Crippen LogP contribution is -2.42. The molecule has 1 aliphatic heterocycles. The maximum atomic E-state index is 13.6. The molecule has 0 aromatic carbocycles. The molecule has 4 atom stereocenters. The van der Waals surface area contributed by atoms with E-state index in [-0.39, 0.29) is 6.61 Å². The van der Waals surface area contributed by atoms with E-state index in [0.29, 0.717) is 10.8 Å². The molecule has 1 unspecified atom stereocenters. The normalized spacial score (nSPS) is 24.3. The van der Waals surface area contributed by atoms with Crippen molar-refractivity contribution in [3.63, 3.8) is 0 Å². The van der Waals surface area contributed by atoms with Crippen LogP contribution in [0, 0.1) is 5.82 Å². The minimum Gasteiger partial charge on any atom is -0.463 e. The monoisotopic (exact) mass is 388 g/mol. The second-order valence-electron chi connectivity index (χ2n) is 5.66. The summed E-state index contributed by atoms with van der Waals surface area (Å²) >= 11 is 0. The zero-order valence-corrected chi connectivity index (χ0v) is 14.6. The molecule has 0 amide bonds. The van der Waals surface area contributed by atoms with Crippen LogP contribution < -0.4 is 11.2 Å². The Labute approximate surface area is 151 Å². The molecule has 1 fully saturated rings. The summed E-state index contributed by atoms with van der Waals surface area (Å²) in [5.41, 5.74) is -2.29. The molecule has 1 N–H and O–H groups in total. The average molecular weight is 388 g/mol. The van der Waals surface area contributed by atoms with E-state index < -0.39 is 59.5 Å². The SMILES string of the molecule is CC(=O)OC[C@H]1OC(n2cc(F)c(=O)[nH]c2=O)[C@H](OC(C)=O)[C@@H]1OC(C)=O. The van der Waals surface area contributed by atoms with Gasteiger partial charge in [-0.05, 0) is 0 Å². The number of esters is 3. The maximum absolute atomic E-state index is 13.6. The van der Waals surface area contributed by atoms with Crippen LogP contribution in [0.2, 0.25) is 0 Å². The number of carbonyl (C=O) groups is 3. The molecule has 27 heavy (non-hydrogen) atoms. The Kier molecular flexibility index (Phi) is 6.10. The Morgan fingerprint density at radius 1 is 1.11 bits per heavy atom. The summed E-state index contributed by atoms with van der Waals surface area (Å²) in [6.45, 7) is 2.91. The quantitative estimate of drug-likeness (QED) is 0.496. The van der Waals surface area contributed by atoms with Crippen molar-refractivity contribution >= 4 is 17.9 Å². The first-order valence-corrected chi connectivity index (χ1v) is 7.74. The molecule has 2 rings (SSSR count). The molecule has 2 heterocycles. The van der Waals surface area contributed by atoms with Gasteiger partial charge in [-0.1, -0.05) is 0 Å². The summed E-state index contributed by atoms with van der Waals surface area (Å²) in [5, 5.41) is 0. The highest BCUT2D eigenvalue weighted by atomic mass is 19.1. The number of hydrogen-bond donors (Lipinski definition) is 1. The van der Waals surface area contributed by atoms with Gasteiger partial charge < -0.3 is 18.9 Å². The molecule has 0 saturated carbocycles. The summed E-state index contributed by atoms with van der Waals surface area (Å²) in [4.78, 5) is 58.9. The van der Waals surface area contributed by atoms with Crippen molar-refractivity contribution in [2.75, 3.05) is 6.61 Å². The lowest BCUT2D eigenvalue weighted by molar-refractivity contribution is -0.166. The van der Waals surface area contributed by atoms with E-state index in [4.69, 9.17) is 18.9 Å². The molecule has 0 aliphatic carbocycles. The highest BCUT2D eigenvalue weighted by Crippen LogP contribution is 2.33. The van der Waals surface area contributed by atoms with Crippen molar-refractivity contribution < 1.29 is 37.7 Å². The number of rotatable bonds is 5. The molecule has 1 aromatic heterocycles. The standard InChI is InChI=1S/C15H17FN2O9/c1-6(19)24-5-10-11(25-7(2)20)12(26-8(3)21)14(27-10)18-4-9(16)13(22)17-15(18)23/h4,10-12,14H,5H2,1-3H3,(H,17,22,23)/t10-,11-,12-,14?/m1/s1. The molecule has 1 saturated heterocycles. The van der Waals surface area contributed by atoms with E-state index in [2.05, 4.69) is 0 Å². The number of halogens is 1. The third-order valence-electron chi connectivity index (χ3n) is 3.54. The van der Waals surface area contributed by atoms with Crippen LogP contribution >= 0.6 is 0 Å². The van der Waals surface area contributed by atoms with E-state index in [1.54, 1.807) is 4.98 Å². The van der Waals surface area contributed by atoms with Crippen LogP contribution in [-0.2, 0) is 33.3 Å². The zero-order valence-electron chi connectivity index (χ0n) is 14.6. The number of aromatic nitrogens is 2. The first-order chi connectivity index (χ1) is 12.6. The number of H-pyrrole nitrogens is 1. The number of nitrogens with one attached hydrogen (secondary N) is 1. The fourth-order valence-electron chi connectivity index (χ4n) is 2.57. The number of aromatic amines is 1. The van der Waals surface area contributed by atoms with Crippen molar-refractivity contribution in [3.8, 4) is 0 Å². The van der Waals surface area contributed by atoms with Gasteiger partial charge in [-0.3, -0.25) is 28.7 Å². The Morgan fingerprint density at radius 3 is 2.26 bits per heavy atom. The average Bonchev–Trinajstić information content (AvgIpc) is 2.85. The van der Waals surface area contributed by atoms with Gasteiger partial charge in [-0.15, -0.1) is 0 Å². The molecule has 11 nitrogen and oxygen atoms in total. The fraction of sp³-hybridized carbons (Fsp3) is 0.533. The summed E-state index contributed by atoms with van der Waals surface area (Å²) in [6.07, 6.45) is -4.61. The van der Waals surface area contributed by atoms with E-state index >= 15 is 0 Å². The molecule has 0 radical (unpaired) electrons. The number of ether oxygens (including phenoxy) is 4. The van der Waals surface area contributed by atoms with E-state index in [1.807, 2.05) is 0 Å². The van der Waals surface area contributed by atoms with Crippen LogP contribution in [0.1, 0.15) is 27.0 Å². The van der Waals surface area contributed by atoms with Crippen molar-refractivity contribution in [3.05, 3.63) is 32.9 Å². The van der Waals surface area contributed by atoms with Crippen LogP contribution in [0.25, 0.3) is 0 Å². The van der Waals surface area contributed by atoms with E-state index in [9.17, 15) is 28.4 Å². The van der Waals surface area contributed by atoms with E-state index in [0.717, 1.165) is 20.8 Å². The predicted octanol–water partition coefficient (Wildman–Crippen LogP) is -1.00. The van der Waals surface area contributed by atoms with Gasteiger partial charge in [-0.2, -0.15) is 4.39 Å². The number of hydrogen-bond acceptors (Lipinski definition) is 9. The molecular weight excluding hydrogens is 371 g/mol. The molecule has 12 heteroatoms. The predicted molar refractivity (Wildman–Crippen MR) is 82.9 cm³/mol. The minimum absolute atomic E-state index is 0.387. The van der Waals surface area contributed by atoms with Crippen LogP contribution in [-0.4, -0.2) is 52.4 Å². The lowest BCUT2D eigenvalue weighted by Gasteiger charge is -2.23. The van der Waals surface area contributed by atoms with Crippen molar-refractivity contribution in [1.82, 2.24) is 9.55 Å². The van der Waals surface area contributed by atoms with Crippen LogP contribution in [0.3, 0.4) is 0 Å². The number of carbonyl (C=O) groups excluding carboxylic acids is 3. The third kappa shape index (κ3) is 4.78. The summed E-state index contributed by atoms with van der Waals surface area (Å²) in [6, 6.07) is 0. The van der Waals surface area contributed by atoms with Gasteiger partial charge in [0.15, 0.2) is 18.4 Å². The van der Waals surface area contributed by atoms with Gasteiger partial charge in [0.25, 0.3) is 5.56 Å². The van der Waals surface area contributed by atoms with Crippen molar-refractivity contribution in [2.24, 2.45) is 0 Å². The van der Waals surface area contributed by atoms with Crippen LogP contribution in [0.5, 0.6) is 0 Å². The molecule has 1 aromatic rings. The summed E-state index contributed by atoms with van der Waals surface area (Å²) in [5.74, 6) is -3.49.